The molecule has 0 unspecified atom stereocenters. The molecule has 162 valence electrons. The average Bonchev–Trinajstić information content (AvgIpc) is 3.24. The second-order valence-corrected chi connectivity index (χ2v) is 41.5. The molecular formula is C27H34OSSn2. The summed E-state index contributed by atoms with van der Waals surface area (Å²) in [4.78, 5) is 26.6. The van der Waals surface area contributed by atoms with E-state index in [-0.39, 0.29) is 5.78 Å². The van der Waals surface area contributed by atoms with Crippen molar-refractivity contribution in [1.29, 1.82) is 0 Å². The molecule has 0 saturated carbocycles. The van der Waals surface area contributed by atoms with E-state index in [9.17, 15) is 4.79 Å². The number of benzene rings is 2. The molecule has 0 bridgehead atoms. The molecule has 0 radical (unpaired) electrons. The van der Waals surface area contributed by atoms with Gasteiger partial charge >= 0.3 is 95.6 Å². The zero-order valence-electron chi connectivity index (χ0n) is 19.6. The van der Waals surface area contributed by atoms with Crippen molar-refractivity contribution in [3.63, 3.8) is 0 Å². The molecule has 0 aliphatic carbocycles. The van der Waals surface area contributed by atoms with E-state index in [0.29, 0.717) is 0 Å². The third-order valence-electron chi connectivity index (χ3n) is 4.56. The number of thiophene rings is 1. The van der Waals surface area contributed by atoms with Crippen LogP contribution in [0.4, 0.5) is 0 Å². The van der Waals surface area contributed by atoms with Gasteiger partial charge in [0, 0.05) is 0 Å². The van der Waals surface area contributed by atoms with Crippen LogP contribution < -0.4 is 5.79 Å². The van der Waals surface area contributed by atoms with Crippen LogP contribution in [0.2, 0.25) is 29.6 Å². The molecule has 3 rings (SSSR count). The van der Waals surface area contributed by atoms with Crippen LogP contribution in [0.15, 0.2) is 84.9 Å². The summed E-state index contributed by atoms with van der Waals surface area (Å²) in [5.74, 6) is -0.0114. The van der Waals surface area contributed by atoms with E-state index in [4.69, 9.17) is 0 Å². The molecule has 1 aromatic heterocycles. The standard InChI is InChI=1S/C17H14O.C4H2S.6CH3.2Sn/c18-17(13-11-15-7-3-1-4-8-15)14-12-16-9-5-2-6-10-16;1-2-4-5-3-1;;;;;;;;/h1-14H;1-2H;6*1H3;;. The Labute approximate surface area is 200 Å². The van der Waals surface area contributed by atoms with Gasteiger partial charge in [-0.1, -0.05) is 72.8 Å². The van der Waals surface area contributed by atoms with Crippen LogP contribution in [0.5, 0.6) is 0 Å². The maximum atomic E-state index is 11.6. The van der Waals surface area contributed by atoms with Gasteiger partial charge in [0.2, 0.25) is 0 Å². The quantitative estimate of drug-likeness (QED) is 0.213. The minimum absolute atomic E-state index is 0.0114. The van der Waals surface area contributed by atoms with Gasteiger partial charge in [0.1, 0.15) is 0 Å². The van der Waals surface area contributed by atoms with Crippen LogP contribution in [0.3, 0.4) is 0 Å². The molecule has 31 heavy (non-hydrogen) atoms. The zero-order chi connectivity index (χ0) is 22.9. The van der Waals surface area contributed by atoms with Crippen LogP contribution in [-0.4, -0.2) is 42.5 Å². The van der Waals surface area contributed by atoms with E-state index in [1.165, 1.54) is 0 Å². The molecule has 0 fully saturated rings. The van der Waals surface area contributed by atoms with Crippen molar-refractivity contribution in [3.8, 4) is 0 Å². The van der Waals surface area contributed by atoms with Crippen molar-refractivity contribution in [2.75, 3.05) is 0 Å². The van der Waals surface area contributed by atoms with Crippen molar-refractivity contribution < 1.29 is 4.79 Å². The summed E-state index contributed by atoms with van der Waals surface area (Å²) < 4.78 is 3.49. The van der Waals surface area contributed by atoms with Gasteiger partial charge < -0.3 is 0 Å². The summed E-state index contributed by atoms with van der Waals surface area (Å²) in [6, 6.07) is 24.4. The number of rotatable bonds is 6. The van der Waals surface area contributed by atoms with Crippen LogP contribution in [0, 0.1) is 0 Å². The number of carbonyl (C=O) groups is 1. The Kier molecular flexibility index (Phi) is 10.3. The molecule has 3 aromatic rings. The summed E-state index contributed by atoms with van der Waals surface area (Å²) in [6.45, 7) is 0. The Bertz CT molecular complexity index is 925. The van der Waals surface area contributed by atoms with Gasteiger partial charge in [-0.05, 0) is 23.3 Å². The molecule has 0 amide bonds. The van der Waals surface area contributed by atoms with Gasteiger partial charge in [-0.15, -0.1) is 0 Å². The number of hydrogen-bond acceptors (Lipinski definition) is 2. The molecule has 0 spiro atoms. The van der Waals surface area contributed by atoms with Crippen molar-refractivity contribution >= 4 is 71.8 Å². The first-order chi connectivity index (χ1) is 14.6. The molecular weight excluding hydrogens is 610 g/mol. The molecule has 0 saturated heterocycles. The molecule has 0 aliphatic heterocycles. The second-order valence-electron chi connectivity index (χ2n) is 9.55. The van der Waals surface area contributed by atoms with Crippen LogP contribution in [0.25, 0.3) is 12.2 Å². The summed E-state index contributed by atoms with van der Waals surface area (Å²) in [5, 5.41) is 0. The minimum atomic E-state index is -1.74. The van der Waals surface area contributed by atoms with Gasteiger partial charge in [-0.3, -0.25) is 4.79 Å². The molecule has 0 N–H and O–H groups in total. The number of hydrogen-bond donors (Lipinski definition) is 0. The Morgan fingerprint density at radius 2 is 0.968 bits per heavy atom. The topological polar surface area (TPSA) is 17.1 Å². The number of allylic oxidation sites excluding steroid dienone is 2. The Balaban J connectivity index is 0.000000233. The summed E-state index contributed by atoms with van der Waals surface area (Å²) in [7, 11) is 0. The Morgan fingerprint density at radius 3 is 1.26 bits per heavy atom. The fourth-order valence-corrected chi connectivity index (χ4v) is 16.8. The third kappa shape index (κ3) is 9.92. The fraction of sp³-hybridized carbons (Fsp3) is 0.222. The maximum absolute atomic E-state index is 11.6. The molecule has 0 aliphatic rings. The Hall–Kier alpha value is -1.11. The summed E-state index contributed by atoms with van der Waals surface area (Å²) in [5.41, 5.74) is 2.05. The van der Waals surface area contributed by atoms with Crippen LogP contribution >= 0.6 is 11.3 Å². The fourth-order valence-electron chi connectivity index (χ4n) is 2.68. The predicted octanol–water partition coefficient (Wildman–Crippen LogP) is 6.82. The van der Waals surface area contributed by atoms with Crippen LogP contribution in [-0.2, 0) is 4.79 Å². The molecule has 0 atom stereocenters. The zero-order valence-corrected chi connectivity index (χ0v) is 26.1. The first-order valence-corrected chi connectivity index (χ1v) is 31.5. The van der Waals surface area contributed by atoms with E-state index in [2.05, 4.69) is 53.1 Å². The normalized spacial score (nSPS) is 12.1. The van der Waals surface area contributed by atoms with Crippen molar-refractivity contribution in [2.45, 2.75) is 29.6 Å². The van der Waals surface area contributed by atoms with Crippen LogP contribution in [0.1, 0.15) is 11.1 Å². The molecule has 1 nitrogen and oxygen atoms in total. The van der Waals surface area contributed by atoms with Crippen molar-refractivity contribution in [1.82, 2.24) is 0 Å². The van der Waals surface area contributed by atoms with E-state index in [1.54, 1.807) is 17.9 Å². The van der Waals surface area contributed by atoms with Crippen molar-refractivity contribution in [3.05, 3.63) is 96.1 Å². The van der Waals surface area contributed by atoms with Gasteiger partial charge in [-0.2, -0.15) is 0 Å². The third-order valence-corrected chi connectivity index (χ3v) is 24.6. The van der Waals surface area contributed by atoms with E-state index in [1.807, 2.05) is 72.8 Å². The first-order valence-electron chi connectivity index (χ1n) is 10.7. The molecule has 4 heteroatoms. The second kappa shape index (κ2) is 12.2. The number of carbonyl (C=O) groups excluding carboxylic acids is 1. The molecule has 2 aromatic carbocycles. The SMILES string of the molecule is O=C(C=Cc1ccccc1)C=Cc1ccccc1.[CH3][Sn]([CH3])([CH3])[c]1cc[c]([Sn]([CH3])([CH3])[CH3])s1. The predicted molar refractivity (Wildman–Crippen MR) is 146 cm³/mol. The monoisotopic (exact) mass is 646 g/mol. The average molecular weight is 644 g/mol. The van der Waals surface area contributed by atoms with Gasteiger partial charge in [0.25, 0.3) is 0 Å². The summed E-state index contributed by atoms with van der Waals surface area (Å²) in [6.07, 6.45) is 6.79. The Morgan fingerprint density at radius 1 is 0.613 bits per heavy atom. The van der Waals surface area contributed by atoms with E-state index < -0.39 is 36.8 Å². The van der Waals surface area contributed by atoms with E-state index >= 15 is 0 Å². The van der Waals surface area contributed by atoms with Crippen molar-refractivity contribution in [2.24, 2.45) is 0 Å². The molecule has 1 heterocycles. The van der Waals surface area contributed by atoms with Gasteiger partial charge in [-0.25, -0.2) is 0 Å². The van der Waals surface area contributed by atoms with Gasteiger partial charge in [0.05, 0.1) is 0 Å². The van der Waals surface area contributed by atoms with E-state index in [0.717, 1.165) is 11.1 Å². The first kappa shape index (κ1) is 26.1. The van der Waals surface area contributed by atoms with Gasteiger partial charge in [0.15, 0.2) is 5.78 Å². The number of ketones is 1. The summed E-state index contributed by atoms with van der Waals surface area (Å²) >= 11 is -1.35.